The highest BCUT2D eigenvalue weighted by atomic mass is 16.5. The summed E-state index contributed by atoms with van der Waals surface area (Å²) in [6, 6.07) is 8.40. The minimum absolute atomic E-state index is 0.131. The second-order valence-electron chi connectivity index (χ2n) is 4.33. The molecule has 0 aromatic heterocycles. The van der Waals surface area contributed by atoms with Gasteiger partial charge in [-0.15, -0.1) is 0 Å². The van der Waals surface area contributed by atoms with Gasteiger partial charge in [0, 0.05) is 5.92 Å². The number of benzene rings is 1. The molecular formula is C13H14N2O2. The molecule has 2 atom stereocenters. The van der Waals surface area contributed by atoms with Crippen molar-refractivity contribution in [3.05, 3.63) is 35.4 Å². The van der Waals surface area contributed by atoms with Gasteiger partial charge in [0.1, 0.15) is 0 Å². The van der Waals surface area contributed by atoms with Crippen LogP contribution in [0.15, 0.2) is 29.4 Å². The van der Waals surface area contributed by atoms with Gasteiger partial charge in [-0.05, 0) is 24.5 Å². The predicted molar refractivity (Wildman–Crippen MR) is 63.6 cm³/mol. The monoisotopic (exact) mass is 230 g/mol. The molecule has 0 radical (unpaired) electrons. The van der Waals surface area contributed by atoms with E-state index in [0.29, 0.717) is 12.3 Å². The maximum absolute atomic E-state index is 11.7. The molecule has 0 saturated carbocycles. The number of nitrogens with one attached hydrogen (secondary N) is 1. The van der Waals surface area contributed by atoms with Crippen molar-refractivity contribution in [1.82, 2.24) is 5.43 Å². The quantitative estimate of drug-likeness (QED) is 0.782. The van der Waals surface area contributed by atoms with E-state index in [1.165, 1.54) is 11.1 Å². The molecule has 1 aliphatic carbocycles. The summed E-state index contributed by atoms with van der Waals surface area (Å²) in [6.07, 6.45) is 0.867. The number of ether oxygens (including phenoxy) is 1. The van der Waals surface area contributed by atoms with Crippen LogP contribution in [0.4, 0.5) is 0 Å². The van der Waals surface area contributed by atoms with E-state index in [1.54, 1.807) is 0 Å². The lowest BCUT2D eigenvalue weighted by molar-refractivity contribution is -0.135. The lowest BCUT2D eigenvalue weighted by atomic mass is 9.97. The zero-order chi connectivity index (χ0) is 11.8. The number of hydrogen-bond donors (Lipinski definition) is 1. The van der Waals surface area contributed by atoms with Crippen molar-refractivity contribution in [3.63, 3.8) is 0 Å². The summed E-state index contributed by atoms with van der Waals surface area (Å²) in [5.74, 6) is -0.160. The molecule has 1 N–H and O–H groups in total. The Balaban J connectivity index is 1.86. The van der Waals surface area contributed by atoms with Crippen LogP contribution in [0, 0.1) is 5.92 Å². The normalized spacial score (nSPS) is 24.6. The molecule has 4 heteroatoms. The van der Waals surface area contributed by atoms with Crippen molar-refractivity contribution >= 4 is 11.7 Å². The van der Waals surface area contributed by atoms with Crippen molar-refractivity contribution in [2.75, 3.05) is 6.61 Å². The Bertz CT molecular complexity index is 496. The summed E-state index contributed by atoms with van der Waals surface area (Å²) in [5, 5.41) is 4.13. The van der Waals surface area contributed by atoms with E-state index >= 15 is 0 Å². The fourth-order valence-electron chi connectivity index (χ4n) is 2.63. The van der Waals surface area contributed by atoms with Crippen molar-refractivity contribution in [3.8, 4) is 0 Å². The Morgan fingerprint density at radius 2 is 2.35 bits per heavy atom. The number of hydrogen-bond acceptors (Lipinski definition) is 4. The minimum atomic E-state index is -0.291. The molecule has 0 fully saturated rings. The van der Waals surface area contributed by atoms with Gasteiger partial charge in [0.25, 0.3) is 0 Å². The minimum Gasteiger partial charge on any atom is -0.461 e. The third kappa shape index (κ3) is 1.52. The average molecular weight is 230 g/mol. The second-order valence-corrected chi connectivity index (χ2v) is 4.33. The van der Waals surface area contributed by atoms with E-state index < -0.39 is 0 Å². The van der Waals surface area contributed by atoms with Gasteiger partial charge < -0.3 is 10.2 Å². The van der Waals surface area contributed by atoms with Crippen LogP contribution in [0.5, 0.6) is 0 Å². The van der Waals surface area contributed by atoms with Gasteiger partial charge in [0.05, 0.1) is 12.6 Å². The average Bonchev–Trinajstić information content (AvgIpc) is 2.87. The Kier molecular flexibility index (Phi) is 2.35. The van der Waals surface area contributed by atoms with Gasteiger partial charge >= 0.3 is 5.97 Å². The Labute approximate surface area is 99.7 Å². The maximum Gasteiger partial charge on any atom is 0.354 e. The number of nitrogens with zero attached hydrogens (tertiary/aromatic N) is 1. The molecule has 0 bridgehead atoms. The van der Waals surface area contributed by atoms with Gasteiger partial charge in [-0.2, -0.15) is 5.10 Å². The largest absolute Gasteiger partial charge is 0.461 e. The van der Waals surface area contributed by atoms with Crippen LogP contribution in [0.25, 0.3) is 0 Å². The predicted octanol–water partition coefficient (Wildman–Crippen LogP) is 1.42. The van der Waals surface area contributed by atoms with Crippen molar-refractivity contribution in [2.45, 2.75) is 19.4 Å². The number of rotatable bonds is 2. The summed E-state index contributed by atoms with van der Waals surface area (Å²) in [5.41, 5.74) is 6.13. The summed E-state index contributed by atoms with van der Waals surface area (Å²) in [7, 11) is 0. The SMILES string of the molecule is CCOC(=O)C1=NNC2c3ccccc3CC12. The zero-order valence-electron chi connectivity index (χ0n) is 9.64. The fourth-order valence-corrected chi connectivity index (χ4v) is 2.63. The maximum atomic E-state index is 11.7. The van der Waals surface area contributed by atoms with Crippen LogP contribution in [0.1, 0.15) is 24.1 Å². The van der Waals surface area contributed by atoms with Crippen LogP contribution in [0.3, 0.4) is 0 Å². The lowest BCUT2D eigenvalue weighted by Gasteiger charge is -2.10. The van der Waals surface area contributed by atoms with Gasteiger partial charge in [-0.25, -0.2) is 4.79 Å². The molecular weight excluding hydrogens is 216 g/mol. The summed E-state index contributed by atoms with van der Waals surface area (Å²) in [4.78, 5) is 11.7. The van der Waals surface area contributed by atoms with E-state index in [-0.39, 0.29) is 17.9 Å². The Morgan fingerprint density at radius 1 is 1.53 bits per heavy atom. The first-order valence-electron chi connectivity index (χ1n) is 5.89. The molecule has 17 heavy (non-hydrogen) atoms. The van der Waals surface area contributed by atoms with Crippen LogP contribution in [0.2, 0.25) is 0 Å². The van der Waals surface area contributed by atoms with Crippen molar-refractivity contribution in [2.24, 2.45) is 11.0 Å². The van der Waals surface area contributed by atoms with Crippen molar-refractivity contribution in [1.29, 1.82) is 0 Å². The molecule has 4 nitrogen and oxygen atoms in total. The number of hydrazone groups is 1. The first-order valence-corrected chi connectivity index (χ1v) is 5.89. The number of fused-ring (bicyclic) bond motifs is 3. The molecule has 2 aliphatic rings. The molecule has 1 heterocycles. The molecule has 0 spiro atoms. The number of carbonyl (C=O) groups excluding carboxylic acids is 1. The summed E-state index contributed by atoms with van der Waals surface area (Å²) in [6.45, 7) is 2.20. The van der Waals surface area contributed by atoms with E-state index in [9.17, 15) is 4.79 Å². The third-order valence-electron chi connectivity index (χ3n) is 3.39. The standard InChI is InChI=1S/C13H14N2O2/c1-2-17-13(16)12-10-7-8-5-3-4-6-9(8)11(10)14-15-12/h3-6,10-11,14H,2,7H2,1H3. The molecule has 2 unspecified atom stereocenters. The van der Waals surface area contributed by atoms with E-state index in [4.69, 9.17) is 4.74 Å². The van der Waals surface area contributed by atoms with Crippen molar-refractivity contribution < 1.29 is 9.53 Å². The van der Waals surface area contributed by atoms with Gasteiger partial charge in [0.2, 0.25) is 0 Å². The smallest absolute Gasteiger partial charge is 0.354 e. The van der Waals surface area contributed by atoms with E-state index in [1.807, 2.05) is 19.1 Å². The van der Waals surface area contributed by atoms with Crippen LogP contribution < -0.4 is 5.43 Å². The highest BCUT2D eigenvalue weighted by molar-refractivity contribution is 6.38. The Morgan fingerprint density at radius 3 is 3.18 bits per heavy atom. The summed E-state index contributed by atoms with van der Waals surface area (Å²) < 4.78 is 5.02. The zero-order valence-corrected chi connectivity index (χ0v) is 9.64. The van der Waals surface area contributed by atoms with Crippen LogP contribution in [-0.4, -0.2) is 18.3 Å². The topological polar surface area (TPSA) is 50.7 Å². The number of esters is 1. The Hall–Kier alpha value is -1.84. The molecule has 3 rings (SSSR count). The molecule has 1 aliphatic heterocycles. The molecule has 1 aromatic carbocycles. The van der Waals surface area contributed by atoms with Crippen LogP contribution >= 0.6 is 0 Å². The van der Waals surface area contributed by atoms with Gasteiger partial charge in [-0.3, -0.25) is 0 Å². The second kappa shape index (κ2) is 3.87. The van der Waals surface area contributed by atoms with E-state index in [0.717, 1.165) is 6.42 Å². The molecule has 88 valence electrons. The lowest BCUT2D eigenvalue weighted by Crippen LogP contribution is -2.25. The fraction of sp³-hybridized carbons (Fsp3) is 0.385. The number of carbonyl (C=O) groups is 1. The highest BCUT2D eigenvalue weighted by Gasteiger charge is 2.42. The van der Waals surface area contributed by atoms with E-state index in [2.05, 4.69) is 22.7 Å². The molecule has 0 amide bonds. The van der Waals surface area contributed by atoms with Gasteiger partial charge in [0.15, 0.2) is 5.71 Å². The summed E-state index contributed by atoms with van der Waals surface area (Å²) >= 11 is 0. The first-order chi connectivity index (χ1) is 8.31. The molecule has 1 aromatic rings. The first kappa shape index (κ1) is 10.3. The van der Waals surface area contributed by atoms with Gasteiger partial charge in [-0.1, -0.05) is 24.3 Å². The molecule has 0 saturated heterocycles. The highest BCUT2D eigenvalue weighted by Crippen LogP contribution is 2.39. The third-order valence-corrected chi connectivity index (χ3v) is 3.39. The van der Waals surface area contributed by atoms with Crippen LogP contribution in [-0.2, 0) is 16.0 Å².